The smallest absolute Gasteiger partial charge is 0.246 e. The number of nitrogens with zero attached hydrogens (tertiary/aromatic N) is 2. The van der Waals surface area contributed by atoms with Gasteiger partial charge in [-0.2, -0.15) is 0 Å². The van der Waals surface area contributed by atoms with Crippen LogP contribution < -0.4 is 5.32 Å². The molecule has 2 rings (SSSR count). The van der Waals surface area contributed by atoms with Crippen LogP contribution in [0.25, 0.3) is 0 Å². The molecule has 21 heavy (non-hydrogen) atoms. The fraction of sp³-hybridized carbons (Fsp3) is 0.308. The number of anilines is 1. The number of carbonyl (C=O) groups excluding carboxylic acids is 1. The van der Waals surface area contributed by atoms with Gasteiger partial charge >= 0.3 is 0 Å². The zero-order valence-electron chi connectivity index (χ0n) is 11.4. The van der Waals surface area contributed by atoms with Crippen molar-refractivity contribution in [2.75, 3.05) is 5.32 Å². The van der Waals surface area contributed by atoms with Crippen LogP contribution in [-0.2, 0) is 10.5 Å². The lowest BCUT2D eigenvalue weighted by molar-refractivity contribution is -0.117. The predicted octanol–water partition coefficient (Wildman–Crippen LogP) is 3.93. The summed E-state index contributed by atoms with van der Waals surface area (Å²) in [4.78, 5) is 10.7. The molecule has 1 N–H and O–H groups in total. The zero-order chi connectivity index (χ0) is 15.5. The first-order valence-electron chi connectivity index (χ1n) is 6.06. The first-order valence-corrected chi connectivity index (χ1v) is 8.24. The number of hydrogen-bond donors (Lipinski definition) is 1. The average Bonchev–Trinajstić information content (AvgIpc) is 2.85. The number of amides is 1. The van der Waals surface area contributed by atoms with Crippen LogP contribution in [0.2, 0.25) is 0 Å². The first-order chi connectivity index (χ1) is 9.84. The highest BCUT2D eigenvalue weighted by atomic mass is 35.5. The number of halogens is 2. The number of nitrogens with one attached hydrogen (secondary N) is 1. The molecule has 1 amide bonds. The topological polar surface area (TPSA) is 54.9 Å². The summed E-state index contributed by atoms with van der Waals surface area (Å²) in [5.74, 6) is 0.0767. The molecule has 0 bridgehead atoms. The number of thioether (sulfide) groups is 1. The van der Waals surface area contributed by atoms with Crippen LogP contribution >= 0.6 is 34.7 Å². The number of aromatic nitrogens is 2. The maximum atomic E-state index is 12.8. The molecule has 0 radical (unpaired) electrons. The van der Waals surface area contributed by atoms with E-state index in [1.807, 2.05) is 0 Å². The molecule has 1 heterocycles. The Morgan fingerprint density at radius 3 is 2.67 bits per heavy atom. The van der Waals surface area contributed by atoms with Gasteiger partial charge in [-0.3, -0.25) is 10.1 Å². The van der Waals surface area contributed by atoms with Crippen molar-refractivity contribution in [3.8, 4) is 0 Å². The van der Waals surface area contributed by atoms with E-state index < -0.39 is 4.87 Å². The summed E-state index contributed by atoms with van der Waals surface area (Å²) >= 11 is 8.65. The van der Waals surface area contributed by atoms with E-state index in [1.165, 1.54) is 35.2 Å². The minimum Gasteiger partial charge on any atom is -0.299 e. The Morgan fingerprint density at radius 2 is 2.05 bits per heavy atom. The van der Waals surface area contributed by atoms with Crippen LogP contribution in [-0.4, -0.2) is 21.0 Å². The number of hydrogen-bond acceptors (Lipinski definition) is 5. The summed E-state index contributed by atoms with van der Waals surface area (Å²) in [7, 11) is 0. The summed E-state index contributed by atoms with van der Waals surface area (Å²) in [6.45, 7) is 3.21. The van der Waals surface area contributed by atoms with Crippen molar-refractivity contribution in [2.24, 2.45) is 0 Å². The van der Waals surface area contributed by atoms with Gasteiger partial charge < -0.3 is 0 Å². The van der Waals surface area contributed by atoms with Crippen LogP contribution in [0.4, 0.5) is 9.52 Å². The lowest BCUT2D eigenvalue weighted by Crippen LogP contribution is -2.31. The minimum atomic E-state index is -0.993. The number of alkyl halides is 1. The lowest BCUT2D eigenvalue weighted by atomic mass is 10.2. The number of carbonyl (C=O) groups is 1. The fourth-order valence-corrected chi connectivity index (χ4v) is 3.04. The van der Waals surface area contributed by atoms with Gasteiger partial charge in [0.25, 0.3) is 0 Å². The Kier molecular flexibility index (Phi) is 5.18. The second kappa shape index (κ2) is 6.72. The largest absolute Gasteiger partial charge is 0.299 e. The van der Waals surface area contributed by atoms with Crippen molar-refractivity contribution < 1.29 is 9.18 Å². The summed E-state index contributed by atoms with van der Waals surface area (Å²) in [6.07, 6.45) is 0. The normalized spacial score (nSPS) is 11.4. The van der Waals surface area contributed by atoms with Gasteiger partial charge in [0.05, 0.1) is 0 Å². The molecule has 4 nitrogen and oxygen atoms in total. The molecule has 1 aromatic carbocycles. The van der Waals surface area contributed by atoms with Gasteiger partial charge in [-0.25, -0.2) is 4.39 Å². The molecule has 8 heteroatoms. The van der Waals surface area contributed by atoms with E-state index in [4.69, 9.17) is 11.6 Å². The molecule has 0 unspecified atom stereocenters. The van der Waals surface area contributed by atoms with Gasteiger partial charge in [0.1, 0.15) is 10.7 Å². The maximum Gasteiger partial charge on any atom is 0.246 e. The van der Waals surface area contributed by atoms with E-state index >= 15 is 0 Å². The molecule has 112 valence electrons. The van der Waals surface area contributed by atoms with Crippen molar-refractivity contribution in [2.45, 2.75) is 28.8 Å². The first kappa shape index (κ1) is 16.2. The van der Waals surface area contributed by atoms with E-state index in [-0.39, 0.29) is 11.7 Å². The zero-order valence-corrected chi connectivity index (χ0v) is 13.8. The molecule has 0 aliphatic rings. The third-order valence-electron chi connectivity index (χ3n) is 2.44. The third-order valence-corrected chi connectivity index (χ3v) is 4.66. The standard InChI is InChI=1S/C13H13ClFN3OS2/c1-13(2,14)10(19)16-11-17-18-12(21-11)20-7-8-3-5-9(15)6-4-8/h3-6H,7H2,1-2H3,(H,16,17,19). The highest BCUT2D eigenvalue weighted by molar-refractivity contribution is 8.00. The summed E-state index contributed by atoms with van der Waals surface area (Å²) in [6, 6.07) is 6.29. The molecular formula is C13H13ClFN3OS2. The summed E-state index contributed by atoms with van der Waals surface area (Å²) < 4.78 is 13.5. The molecule has 0 saturated heterocycles. The molecule has 0 saturated carbocycles. The molecule has 2 aromatic rings. The molecule has 0 aliphatic heterocycles. The average molecular weight is 346 g/mol. The molecule has 0 atom stereocenters. The molecule has 0 aliphatic carbocycles. The van der Waals surface area contributed by atoms with Gasteiger partial charge in [-0.1, -0.05) is 35.2 Å². The second-order valence-electron chi connectivity index (χ2n) is 4.71. The quantitative estimate of drug-likeness (QED) is 0.507. The van der Waals surface area contributed by atoms with Crippen molar-refractivity contribution in [1.29, 1.82) is 0 Å². The number of benzene rings is 1. The predicted molar refractivity (Wildman–Crippen MR) is 84.4 cm³/mol. The van der Waals surface area contributed by atoms with Crippen molar-refractivity contribution in [1.82, 2.24) is 10.2 Å². The van der Waals surface area contributed by atoms with Crippen molar-refractivity contribution in [3.05, 3.63) is 35.6 Å². The van der Waals surface area contributed by atoms with Gasteiger partial charge in [-0.05, 0) is 31.5 Å². The van der Waals surface area contributed by atoms with E-state index in [2.05, 4.69) is 15.5 Å². The third kappa shape index (κ3) is 4.94. The van der Waals surface area contributed by atoms with Gasteiger partial charge in [0.15, 0.2) is 4.34 Å². The SMILES string of the molecule is CC(C)(Cl)C(=O)Nc1nnc(SCc2ccc(F)cc2)s1. The monoisotopic (exact) mass is 345 g/mol. The van der Waals surface area contributed by atoms with Gasteiger partial charge in [0, 0.05) is 5.75 Å². The summed E-state index contributed by atoms with van der Waals surface area (Å²) in [5.41, 5.74) is 0.990. The van der Waals surface area contributed by atoms with E-state index in [0.29, 0.717) is 10.9 Å². The highest BCUT2D eigenvalue weighted by Crippen LogP contribution is 2.29. The molecule has 0 fully saturated rings. The van der Waals surface area contributed by atoms with Crippen LogP contribution in [0.1, 0.15) is 19.4 Å². The van der Waals surface area contributed by atoms with E-state index in [9.17, 15) is 9.18 Å². The van der Waals surface area contributed by atoms with Gasteiger partial charge in [0.2, 0.25) is 11.0 Å². The Hall–Kier alpha value is -1.18. The Balaban J connectivity index is 1.91. The van der Waals surface area contributed by atoms with Crippen molar-refractivity contribution in [3.63, 3.8) is 0 Å². The van der Waals surface area contributed by atoms with Crippen LogP contribution in [0.3, 0.4) is 0 Å². The van der Waals surface area contributed by atoms with Gasteiger partial charge in [-0.15, -0.1) is 21.8 Å². The summed E-state index contributed by atoms with van der Waals surface area (Å²) in [5, 5.41) is 10.9. The Labute approximate surface area is 135 Å². The van der Waals surface area contributed by atoms with Crippen molar-refractivity contribution >= 4 is 45.7 Å². The van der Waals surface area contributed by atoms with E-state index in [1.54, 1.807) is 26.0 Å². The van der Waals surface area contributed by atoms with Crippen LogP contribution in [0, 0.1) is 5.82 Å². The Bertz CT molecular complexity index is 625. The molecular weight excluding hydrogens is 333 g/mol. The second-order valence-corrected chi connectivity index (χ2v) is 7.86. The molecule has 1 aromatic heterocycles. The minimum absolute atomic E-state index is 0.256. The molecule has 0 spiro atoms. The van der Waals surface area contributed by atoms with Crippen LogP contribution in [0.15, 0.2) is 28.6 Å². The van der Waals surface area contributed by atoms with E-state index in [0.717, 1.165) is 9.90 Å². The lowest BCUT2D eigenvalue weighted by Gasteiger charge is -2.12. The Morgan fingerprint density at radius 1 is 1.38 bits per heavy atom. The maximum absolute atomic E-state index is 12.8. The van der Waals surface area contributed by atoms with Crippen LogP contribution in [0.5, 0.6) is 0 Å². The highest BCUT2D eigenvalue weighted by Gasteiger charge is 2.25. The number of rotatable bonds is 5. The fourth-order valence-electron chi connectivity index (χ4n) is 1.29.